The van der Waals surface area contributed by atoms with E-state index in [9.17, 15) is 31.5 Å². The van der Waals surface area contributed by atoms with Gasteiger partial charge in [0, 0.05) is 25.7 Å². The first-order valence-electron chi connectivity index (χ1n) is 12.0. The van der Waals surface area contributed by atoms with E-state index < -0.39 is 27.7 Å². The number of nitrogens with zero attached hydrogens (tertiary/aromatic N) is 2. The third-order valence-corrected chi connectivity index (χ3v) is 8.50. The lowest BCUT2D eigenvalue weighted by Gasteiger charge is -2.19. The standard InChI is InChI=1S/C29H27F3N2O4S/c1-16(2)24-15-33-27-21(10-7-11-25(27)29(30,31)32)26(24)19-9-6-8-18(12-19)22-13-20(39(37,38)34(4)5)14-23(17(22)3)28(35)36/h6-16H,1-5H3,(H,35,36). The van der Waals surface area contributed by atoms with Crippen molar-refractivity contribution in [3.8, 4) is 22.3 Å². The van der Waals surface area contributed by atoms with E-state index in [0.29, 0.717) is 33.2 Å². The van der Waals surface area contributed by atoms with Gasteiger partial charge >= 0.3 is 12.1 Å². The fourth-order valence-electron chi connectivity index (χ4n) is 4.64. The highest BCUT2D eigenvalue weighted by Gasteiger charge is 2.34. The van der Waals surface area contributed by atoms with Gasteiger partial charge < -0.3 is 5.11 Å². The molecule has 0 saturated carbocycles. The smallest absolute Gasteiger partial charge is 0.418 e. The maximum Gasteiger partial charge on any atom is 0.418 e. The number of aromatic carboxylic acids is 1. The van der Waals surface area contributed by atoms with Crippen LogP contribution < -0.4 is 0 Å². The molecule has 10 heteroatoms. The number of alkyl halides is 3. The van der Waals surface area contributed by atoms with Gasteiger partial charge in [0.05, 0.1) is 21.5 Å². The van der Waals surface area contributed by atoms with Crippen LogP contribution in [0, 0.1) is 6.92 Å². The molecule has 0 fully saturated rings. The van der Waals surface area contributed by atoms with Crippen molar-refractivity contribution in [2.24, 2.45) is 0 Å². The number of carbonyl (C=O) groups is 1. The van der Waals surface area contributed by atoms with Gasteiger partial charge in [0.15, 0.2) is 0 Å². The van der Waals surface area contributed by atoms with E-state index in [1.807, 2.05) is 13.8 Å². The third-order valence-electron chi connectivity index (χ3n) is 6.71. The molecule has 4 aromatic rings. The number of rotatable bonds is 6. The molecule has 0 bridgehead atoms. The summed E-state index contributed by atoms with van der Waals surface area (Å²) in [6.45, 7) is 5.43. The lowest BCUT2D eigenvalue weighted by Crippen LogP contribution is -2.23. The van der Waals surface area contributed by atoms with Crippen LogP contribution in [0.15, 0.2) is 65.7 Å². The molecule has 1 N–H and O–H groups in total. The van der Waals surface area contributed by atoms with Crippen LogP contribution >= 0.6 is 0 Å². The maximum atomic E-state index is 13.8. The van der Waals surface area contributed by atoms with Crippen molar-refractivity contribution in [3.05, 3.63) is 83.0 Å². The fourth-order valence-corrected chi connectivity index (χ4v) is 5.59. The van der Waals surface area contributed by atoms with Gasteiger partial charge in [-0.3, -0.25) is 4.98 Å². The number of hydrogen-bond acceptors (Lipinski definition) is 4. The summed E-state index contributed by atoms with van der Waals surface area (Å²) in [6, 6.07) is 13.4. The van der Waals surface area contributed by atoms with Crippen LogP contribution in [0.4, 0.5) is 13.2 Å². The highest BCUT2D eigenvalue weighted by Crippen LogP contribution is 2.41. The predicted molar refractivity (Wildman–Crippen MR) is 144 cm³/mol. The van der Waals surface area contributed by atoms with Crippen molar-refractivity contribution in [2.75, 3.05) is 14.1 Å². The third kappa shape index (κ3) is 5.14. The van der Waals surface area contributed by atoms with Crippen LogP contribution in [0.3, 0.4) is 0 Å². The summed E-state index contributed by atoms with van der Waals surface area (Å²) in [5.74, 6) is -1.34. The highest BCUT2D eigenvalue weighted by molar-refractivity contribution is 7.89. The SMILES string of the molecule is Cc1c(C(=O)O)cc(S(=O)(=O)N(C)C)cc1-c1cccc(-c2c(C(C)C)cnc3c(C(F)(F)F)cccc23)c1. The van der Waals surface area contributed by atoms with Gasteiger partial charge in [-0.1, -0.05) is 44.2 Å². The molecule has 0 aliphatic heterocycles. The van der Waals surface area contributed by atoms with Crippen LogP contribution in [-0.4, -0.2) is 42.9 Å². The number of carboxylic acid groups (broad SMARTS) is 1. The number of carboxylic acids is 1. The fraction of sp³-hybridized carbons (Fsp3) is 0.241. The number of halogens is 3. The molecule has 1 heterocycles. The number of benzene rings is 3. The first-order chi connectivity index (χ1) is 18.1. The molecule has 0 aliphatic carbocycles. The lowest BCUT2D eigenvalue weighted by atomic mass is 9.88. The monoisotopic (exact) mass is 556 g/mol. The Balaban J connectivity index is 2.04. The van der Waals surface area contributed by atoms with Gasteiger partial charge in [-0.25, -0.2) is 17.5 Å². The molecular weight excluding hydrogens is 529 g/mol. The summed E-state index contributed by atoms with van der Waals surface area (Å²) >= 11 is 0. The van der Waals surface area contributed by atoms with Gasteiger partial charge in [0.2, 0.25) is 10.0 Å². The van der Waals surface area contributed by atoms with Gasteiger partial charge in [-0.2, -0.15) is 13.2 Å². The Bertz CT molecular complexity index is 1710. The van der Waals surface area contributed by atoms with E-state index in [1.165, 1.54) is 32.4 Å². The van der Waals surface area contributed by atoms with Crippen molar-refractivity contribution in [1.82, 2.24) is 9.29 Å². The molecule has 1 aromatic heterocycles. The van der Waals surface area contributed by atoms with Crippen LogP contribution in [-0.2, 0) is 16.2 Å². The topological polar surface area (TPSA) is 87.6 Å². The Morgan fingerprint density at radius 2 is 1.64 bits per heavy atom. The zero-order valence-corrected chi connectivity index (χ0v) is 22.8. The molecular formula is C29H27F3N2O4S. The average Bonchev–Trinajstić information content (AvgIpc) is 2.86. The summed E-state index contributed by atoms with van der Waals surface area (Å²) in [7, 11) is -1.24. The lowest BCUT2D eigenvalue weighted by molar-refractivity contribution is -0.136. The van der Waals surface area contributed by atoms with Crippen molar-refractivity contribution in [2.45, 2.75) is 37.8 Å². The molecule has 0 amide bonds. The first-order valence-corrected chi connectivity index (χ1v) is 13.5. The van der Waals surface area contributed by atoms with Crippen molar-refractivity contribution in [3.63, 3.8) is 0 Å². The second-order valence-electron chi connectivity index (χ2n) is 9.76. The van der Waals surface area contributed by atoms with E-state index >= 15 is 0 Å². The number of fused-ring (bicyclic) bond motifs is 1. The number of hydrogen-bond donors (Lipinski definition) is 1. The minimum absolute atomic E-state index is 0.0657. The number of aromatic nitrogens is 1. The van der Waals surface area contributed by atoms with E-state index in [-0.39, 0.29) is 21.9 Å². The Kier molecular flexibility index (Phi) is 7.31. The Morgan fingerprint density at radius 1 is 1.00 bits per heavy atom. The minimum Gasteiger partial charge on any atom is -0.478 e. The number of sulfonamides is 1. The van der Waals surface area contributed by atoms with Crippen LogP contribution in [0.25, 0.3) is 33.2 Å². The van der Waals surface area contributed by atoms with Gasteiger partial charge in [-0.05, 0) is 70.5 Å². The summed E-state index contributed by atoms with van der Waals surface area (Å²) in [5.41, 5.74) is 2.02. The van der Waals surface area contributed by atoms with Gasteiger partial charge in [0.1, 0.15) is 0 Å². The molecule has 39 heavy (non-hydrogen) atoms. The second kappa shape index (κ2) is 10.1. The minimum atomic E-state index is -4.59. The van der Waals surface area contributed by atoms with Crippen LogP contribution in [0.2, 0.25) is 0 Å². The second-order valence-corrected chi connectivity index (χ2v) is 11.9. The number of pyridine rings is 1. The summed E-state index contributed by atoms with van der Waals surface area (Å²) in [4.78, 5) is 16.0. The largest absolute Gasteiger partial charge is 0.478 e. The first kappa shape index (κ1) is 28.3. The van der Waals surface area contributed by atoms with E-state index in [1.54, 1.807) is 37.3 Å². The van der Waals surface area contributed by atoms with Crippen LogP contribution in [0.1, 0.15) is 46.8 Å². The van der Waals surface area contributed by atoms with E-state index in [2.05, 4.69) is 4.98 Å². The summed E-state index contributed by atoms with van der Waals surface area (Å²) in [5, 5.41) is 10.1. The molecule has 0 spiro atoms. The Labute approximate surface area is 224 Å². The molecule has 6 nitrogen and oxygen atoms in total. The normalized spacial score (nSPS) is 12.5. The maximum absolute atomic E-state index is 13.8. The van der Waals surface area contributed by atoms with Gasteiger partial charge in [0.25, 0.3) is 0 Å². The van der Waals surface area contributed by atoms with Crippen molar-refractivity contribution < 1.29 is 31.5 Å². The molecule has 0 radical (unpaired) electrons. The predicted octanol–water partition coefficient (Wildman–Crippen LogP) is 6.97. The zero-order valence-electron chi connectivity index (χ0n) is 22.0. The van der Waals surface area contributed by atoms with Crippen LogP contribution in [0.5, 0.6) is 0 Å². The molecule has 0 aliphatic rings. The van der Waals surface area contributed by atoms with E-state index in [4.69, 9.17) is 0 Å². The number of para-hydroxylation sites is 1. The summed E-state index contributed by atoms with van der Waals surface area (Å²) in [6.07, 6.45) is -3.13. The molecule has 0 atom stereocenters. The van der Waals surface area contributed by atoms with Crippen molar-refractivity contribution in [1.29, 1.82) is 0 Å². The molecule has 4 rings (SSSR count). The highest BCUT2D eigenvalue weighted by atomic mass is 32.2. The zero-order chi connectivity index (χ0) is 28.9. The molecule has 3 aromatic carbocycles. The molecule has 0 saturated heterocycles. The summed E-state index contributed by atoms with van der Waals surface area (Å²) < 4.78 is 68.2. The Morgan fingerprint density at radius 3 is 2.23 bits per heavy atom. The van der Waals surface area contributed by atoms with Crippen molar-refractivity contribution >= 4 is 26.9 Å². The molecule has 0 unspecified atom stereocenters. The quantitative estimate of drug-likeness (QED) is 0.277. The Hall–Kier alpha value is -3.76. The molecule has 204 valence electrons. The van der Waals surface area contributed by atoms with Gasteiger partial charge in [-0.15, -0.1) is 0 Å². The van der Waals surface area contributed by atoms with E-state index in [0.717, 1.165) is 22.0 Å². The average molecular weight is 557 g/mol.